The molecule has 1 rings (SSSR count). The maximum atomic E-state index is 5.89. The molecular formula is C14H22ClN. The average molecular weight is 240 g/mol. The van der Waals surface area contributed by atoms with Crippen LogP contribution in [0, 0.1) is 20.8 Å². The molecule has 16 heavy (non-hydrogen) atoms. The second-order valence-electron chi connectivity index (χ2n) is 4.68. The highest BCUT2D eigenvalue weighted by Gasteiger charge is 2.16. The number of aryl methyl sites for hydroxylation is 1. The molecule has 0 spiro atoms. The van der Waals surface area contributed by atoms with Crippen molar-refractivity contribution >= 4 is 11.6 Å². The van der Waals surface area contributed by atoms with E-state index in [1.165, 1.54) is 22.3 Å². The van der Waals surface area contributed by atoms with Crippen molar-refractivity contribution in [1.29, 1.82) is 0 Å². The molecule has 1 atom stereocenters. The Morgan fingerprint density at radius 2 is 1.75 bits per heavy atom. The zero-order chi connectivity index (χ0) is 12.3. The Balaban J connectivity index is 3.15. The van der Waals surface area contributed by atoms with Crippen LogP contribution in [0.15, 0.2) is 12.1 Å². The van der Waals surface area contributed by atoms with Gasteiger partial charge in [0.05, 0.1) is 0 Å². The van der Waals surface area contributed by atoms with Crippen LogP contribution in [0.25, 0.3) is 0 Å². The molecule has 90 valence electrons. The maximum absolute atomic E-state index is 5.89. The van der Waals surface area contributed by atoms with Crippen LogP contribution < -0.4 is 0 Å². The van der Waals surface area contributed by atoms with E-state index in [0.29, 0.717) is 11.9 Å². The van der Waals surface area contributed by atoms with Gasteiger partial charge in [-0.25, -0.2) is 0 Å². The lowest BCUT2D eigenvalue weighted by molar-refractivity contribution is 0.292. The zero-order valence-corrected chi connectivity index (χ0v) is 11.7. The Kier molecular flexibility index (Phi) is 4.82. The van der Waals surface area contributed by atoms with Crippen molar-refractivity contribution in [3.63, 3.8) is 0 Å². The summed E-state index contributed by atoms with van der Waals surface area (Å²) in [6.07, 6.45) is 0.998. The van der Waals surface area contributed by atoms with E-state index in [2.05, 4.69) is 51.9 Å². The summed E-state index contributed by atoms with van der Waals surface area (Å²) in [4.78, 5) is 2.25. The summed E-state index contributed by atoms with van der Waals surface area (Å²) in [5, 5.41) is 0. The van der Waals surface area contributed by atoms with Crippen molar-refractivity contribution in [3.05, 3.63) is 34.4 Å². The Hall–Kier alpha value is -0.530. The van der Waals surface area contributed by atoms with E-state index in [1.807, 2.05) is 0 Å². The molecule has 0 fully saturated rings. The lowest BCUT2D eigenvalue weighted by Gasteiger charge is -2.26. The molecule has 0 saturated heterocycles. The number of rotatable bonds is 4. The van der Waals surface area contributed by atoms with Gasteiger partial charge in [0, 0.05) is 11.9 Å². The van der Waals surface area contributed by atoms with E-state index in [-0.39, 0.29) is 0 Å². The topological polar surface area (TPSA) is 3.24 Å². The predicted molar refractivity (Wildman–Crippen MR) is 72.4 cm³/mol. The molecule has 1 unspecified atom stereocenters. The normalized spacial score (nSPS) is 13.2. The maximum Gasteiger partial charge on any atom is 0.0356 e. The molecule has 0 saturated carbocycles. The summed E-state index contributed by atoms with van der Waals surface area (Å²) in [5.41, 5.74) is 5.58. The van der Waals surface area contributed by atoms with Gasteiger partial charge in [-0.3, -0.25) is 0 Å². The van der Waals surface area contributed by atoms with E-state index in [9.17, 15) is 0 Å². The molecule has 1 aromatic rings. The number of benzene rings is 1. The summed E-state index contributed by atoms with van der Waals surface area (Å²) < 4.78 is 0. The molecule has 1 aromatic carbocycles. The van der Waals surface area contributed by atoms with Crippen molar-refractivity contribution in [2.75, 3.05) is 20.0 Å². The van der Waals surface area contributed by atoms with Crippen LogP contribution in [0.4, 0.5) is 0 Å². The third-order valence-electron chi connectivity index (χ3n) is 3.46. The van der Waals surface area contributed by atoms with Crippen LogP contribution in [0.5, 0.6) is 0 Å². The van der Waals surface area contributed by atoms with E-state index >= 15 is 0 Å². The Morgan fingerprint density at radius 3 is 2.25 bits per heavy atom. The smallest absolute Gasteiger partial charge is 0.0356 e. The summed E-state index contributed by atoms with van der Waals surface area (Å²) in [5.74, 6) is 0.704. The first kappa shape index (κ1) is 13.5. The first-order valence-corrected chi connectivity index (χ1v) is 6.31. The Bertz CT molecular complexity index is 358. The lowest BCUT2D eigenvalue weighted by atomic mass is 9.93. The molecule has 0 aliphatic rings. The number of hydrogen-bond acceptors (Lipinski definition) is 1. The van der Waals surface area contributed by atoms with Crippen molar-refractivity contribution in [2.24, 2.45) is 0 Å². The van der Waals surface area contributed by atoms with Gasteiger partial charge in [0.15, 0.2) is 0 Å². The molecule has 0 radical (unpaired) electrons. The van der Waals surface area contributed by atoms with Crippen LogP contribution in [0.2, 0.25) is 0 Å². The Morgan fingerprint density at radius 1 is 1.12 bits per heavy atom. The highest BCUT2D eigenvalue weighted by molar-refractivity contribution is 6.17. The number of nitrogens with zero attached hydrogens (tertiary/aromatic N) is 1. The molecule has 0 bridgehead atoms. The van der Waals surface area contributed by atoms with Crippen LogP contribution in [0.3, 0.4) is 0 Å². The third-order valence-corrected chi connectivity index (χ3v) is 3.68. The predicted octanol–water partition coefficient (Wildman–Crippen LogP) is 3.84. The number of hydrogen-bond donors (Lipinski definition) is 0. The van der Waals surface area contributed by atoms with E-state index in [0.717, 1.165) is 6.42 Å². The summed E-state index contributed by atoms with van der Waals surface area (Å²) in [7, 11) is 4.23. The first-order valence-electron chi connectivity index (χ1n) is 5.78. The fourth-order valence-corrected chi connectivity index (χ4v) is 2.34. The number of alkyl halides is 1. The van der Waals surface area contributed by atoms with Crippen molar-refractivity contribution in [2.45, 2.75) is 33.2 Å². The molecule has 0 N–H and O–H groups in total. The van der Waals surface area contributed by atoms with Crippen LogP contribution in [-0.2, 0) is 0 Å². The molecule has 0 heterocycles. The minimum absolute atomic E-state index is 0.428. The number of halogens is 1. The Labute approximate surface area is 104 Å². The molecule has 2 heteroatoms. The van der Waals surface area contributed by atoms with Crippen LogP contribution in [0.1, 0.15) is 34.7 Å². The quantitative estimate of drug-likeness (QED) is 0.722. The molecule has 0 aliphatic heterocycles. The van der Waals surface area contributed by atoms with Gasteiger partial charge in [0.25, 0.3) is 0 Å². The molecule has 0 aromatic heterocycles. The summed E-state index contributed by atoms with van der Waals surface area (Å²) >= 11 is 5.89. The highest BCUT2D eigenvalue weighted by atomic mass is 35.5. The van der Waals surface area contributed by atoms with Crippen molar-refractivity contribution < 1.29 is 0 Å². The largest absolute Gasteiger partial charge is 0.302 e. The molecule has 0 aliphatic carbocycles. The SMILES string of the molecule is Cc1ccc(C(CCCl)N(C)C)c(C)c1C. The zero-order valence-electron chi connectivity index (χ0n) is 11.0. The molecule has 0 amide bonds. The summed E-state index contributed by atoms with van der Waals surface area (Å²) in [6.45, 7) is 6.57. The second-order valence-corrected chi connectivity index (χ2v) is 5.06. The van der Waals surface area contributed by atoms with E-state index < -0.39 is 0 Å². The standard InChI is InChI=1S/C14H22ClN/c1-10-6-7-13(12(3)11(10)2)14(8-9-15)16(4)5/h6-7,14H,8-9H2,1-5H3. The first-order chi connectivity index (χ1) is 7.49. The van der Waals surface area contributed by atoms with E-state index in [1.54, 1.807) is 0 Å². The van der Waals surface area contributed by atoms with Crippen molar-refractivity contribution in [3.8, 4) is 0 Å². The minimum atomic E-state index is 0.428. The van der Waals surface area contributed by atoms with Gasteiger partial charge in [-0.15, -0.1) is 11.6 Å². The summed E-state index contributed by atoms with van der Waals surface area (Å²) in [6, 6.07) is 4.88. The van der Waals surface area contributed by atoms with Crippen molar-refractivity contribution in [1.82, 2.24) is 4.90 Å². The fraction of sp³-hybridized carbons (Fsp3) is 0.571. The van der Waals surface area contributed by atoms with Gasteiger partial charge in [-0.1, -0.05) is 12.1 Å². The fourth-order valence-electron chi connectivity index (χ4n) is 2.13. The highest BCUT2D eigenvalue weighted by Crippen LogP contribution is 2.28. The van der Waals surface area contributed by atoms with Gasteiger partial charge in [0.2, 0.25) is 0 Å². The van der Waals surface area contributed by atoms with Gasteiger partial charge in [-0.2, -0.15) is 0 Å². The minimum Gasteiger partial charge on any atom is -0.302 e. The van der Waals surface area contributed by atoms with Crippen LogP contribution >= 0.6 is 11.6 Å². The van der Waals surface area contributed by atoms with Gasteiger partial charge >= 0.3 is 0 Å². The van der Waals surface area contributed by atoms with Crippen LogP contribution in [-0.4, -0.2) is 24.9 Å². The third kappa shape index (κ3) is 2.78. The average Bonchev–Trinajstić information content (AvgIpc) is 2.24. The second kappa shape index (κ2) is 5.70. The van der Waals surface area contributed by atoms with Gasteiger partial charge in [0.1, 0.15) is 0 Å². The van der Waals surface area contributed by atoms with Gasteiger partial charge in [-0.05, 0) is 63.5 Å². The lowest BCUT2D eigenvalue weighted by Crippen LogP contribution is -2.21. The molecule has 1 nitrogen and oxygen atoms in total. The van der Waals surface area contributed by atoms with Gasteiger partial charge < -0.3 is 4.90 Å². The molecular weight excluding hydrogens is 218 g/mol. The monoisotopic (exact) mass is 239 g/mol. The van der Waals surface area contributed by atoms with E-state index in [4.69, 9.17) is 11.6 Å².